The molecule has 1 atom stereocenters. The van der Waals surface area contributed by atoms with E-state index in [0.29, 0.717) is 6.10 Å². The number of ether oxygens (including phenoxy) is 2. The SMILES string of the molecule is COC(C)(C)C(C)(C)CC(C)OC(C)C. The summed E-state index contributed by atoms with van der Waals surface area (Å²) in [6.45, 7) is 15.0. The van der Waals surface area contributed by atoms with E-state index >= 15 is 0 Å². The molecule has 0 aromatic heterocycles. The summed E-state index contributed by atoms with van der Waals surface area (Å²) >= 11 is 0. The van der Waals surface area contributed by atoms with Gasteiger partial charge in [0, 0.05) is 7.11 Å². The van der Waals surface area contributed by atoms with Gasteiger partial charge in [0.1, 0.15) is 0 Å². The van der Waals surface area contributed by atoms with Crippen LogP contribution < -0.4 is 0 Å². The summed E-state index contributed by atoms with van der Waals surface area (Å²) in [5, 5.41) is 0. The van der Waals surface area contributed by atoms with Crippen molar-refractivity contribution in [3.8, 4) is 0 Å². The van der Waals surface area contributed by atoms with Gasteiger partial charge in [0.15, 0.2) is 0 Å². The first-order chi connectivity index (χ1) is 6.62. The average molecular weight is 216 g/mol. The molecular formula is C13H28O2. The van der Waals surface area contributed by atoms with Gasteiger partial charge in [-0.1, -0.05) is 13.8 Å². The molecule has 2 heteroatoms. The van der Waals surface area contributed by atoms with Gasteiger partial charge in [0.2, 0.25) is 0 Å². The molecule has 0 aliphatic carbocycles. The molecule has 15 heavy (non-hydrogen) atoms. The van der Waals surface area contributed by atoms with E-state index in [9.17, 15) is 0 Å². The van der Waals surface area contributed by atoms with Crippen molar-refractivity contribution in [1.82, 2.24) is 0 Å². The Kier molecular flexibility index (Phi) is 5.28. The normalized spacial score (nSPS) is 15.8. The fourth-order valence-electron chi connectivity index (χ4n) is 1.75. The van der Waals surface area contributed by atoms with Crippen molar-refractivity contribution in [2.24, 2.45) is 5.41 Å². The monoisotopic (exact) mass is 216 g/mol. The number of hydrogen-bond acceptors (Lipinski definition) is 2. The largest absolute Gasteiger partial charge is 0.378 e. The lowest BCUT2D eigenvalue weighted by molar-refractivity contribution is -0.100. The minimum absolute atomic E-state index is 0.107. The molecule has 0 saturated heterocycles. The molecule has 0 saturated carbocycles. The number of methoxy groups -OCH3 is 1. The van der Waals surface area contributed by atoms with E-state index in [1.54, 1.807) is 7.11 Å². The lowest BCUT2D eigenvalue weighted by Crippen LogP contribution is -2.43. The van der Waals surface area contributed by atoms with Crippen molar-refractivity contribution < 1.29 is 9.47 Å². The van der Waals surface area contributed by atoms with Gasteiger partial charge in [-0.2, -0.15) is 0 Å². The van der Waals surface area contributed by atoms with Crippen LogP contribution >= 0.6 is 0 Å². The molecule has 0 amide bonds. The first-order valence-electron chi connectivity index (χ1n) is 5.83. The molecule has 0 spiro atoms. The first kappa shape index (κ1) is 14.9. The first-order valence-corrected chi connectivity index (χ1v) is 5.83. The van der Waals surface area contributed by atoms with E-state index in [4.69, 9.17) is 9.47 Å². The van der Waals surface area contributed by atoms with Crippen LogP contribution in [0.5, 0.6) is 0 Å². The molecular weight excluding hydrogens is 188 g/mol. The van der Waals surface area contributed by atoms with Gasteiger partial charge in [0.25, 0.3) is 0 Å². The predicted molar refractivity (Wildman–Crippen MR) is 65.2 cm³/mol. The molecule has 0 aliphatic heterocycles. The maximum Gasteiger partial charge on any atom is 0.0674 e. The lowest BCUT2D eigenvalue weighted by Gasteiger charge is -2.42. The summed E-state index contributed by atoms with van der Waals surface area (Å²) in [6.07, 6.45) is 1.57. The summed E-state index contributed by atoms with van der Waals surface area (Å²) in [5.41, 5.74) is -0.0162. The van der Waals surface area contributed by atoms with Gasteiger partial charge in [-0.25, -0.2) is 0 Å². The maximum atomic E-state index is 5.77. The lowest BCUT2D eigenvalue weighted by atomic mass is 9.73. The molecule has 0 heterocycles. The standard InChI is InChI=1S/C13H28O2/c1-10(2)15-11(3)9-12(4,5)13(6,7)14-8/h10-11H,9H2,1-8H3. The molecule has 0 aliphatic rings. The highest BCUT2D eigenvalue weighted by Crippen LogP contribution is 2.38. The smallest absolute Gasteiger partial charge is 0.0674 e. The van der Waals surface area contributed by atoms with E-state index in [1.165, 1.54) is 0 Å². The molecule has 0 bridgehead atoms. The molecule has 1 unspecified atom stereocenters. The Morgan fingerprint density at radius 2 is 1.47 bits per heavy atom. The molecule has 0 fully saturated rings. The molecule has 92 valence electrons. The van der Waals surface area contributed by atoms with Crippen LogP contribution in [0.4, 0.5) is 0 Å². The van der Waals surface area contributed by atoms with Gasteiger partial charge in [-0.15, -0.1) is 0 Å². The van der Waals surface area contributed by atoms with Gasteiger partial charge < -0.3 is 9.47 Å². The Morgan fingerprint density at radius 3 is 1.80 bits per heavy atom. The Balaban J connectivity index is 4.37. The summed E-state index contributed by atoms with van der Waals surface area (Å²) < 4.78 is 11.3. The molecule has 0 N–H and O–H groups in total. The Hall–Kier alpha value is -0.0800. The Labute approximate surface area is 95.3 Å². The van der Waals surface area contributed by atoms with E-state index in [0.717, 1.165) is 6.42 Å². The molecule has 0 radical (unpaired) electrons. The second kappa shape index (κ2) is 5.31. The van der Waals surface area contributed by atoms with Gasteiger partial charge in [-0.3, -0.25) is 0 Å². The van der Waals surface area contributed by atoms with Crippen LogP contribution in [-0.2, 0) is 9.47 Å². The highest BCUT2D eigenvalue weighted by molar-refractivity contribution is 4.88. The van der Waals surface area contributed by atoms with E-state index in [1.807, 2.05) is 0 Å². The second-order valence-electron chi connectivity index (χ2n) is 5.80. The highest BCUT2D eigenvalue weighted by atomic mass is 16.5. The minimum atomic E-state index is -0.123. The third-order valence-electron chi connectivity index (χ3n) is 3.44. The summed E-state index contributed by atoms with van der Waals surface area (Å²) in [4.78, 5) is 0. The third-order valence-corrected chi connectivity index (χ3v) is 3.44. The molecule has 0 rings (SSSR count). The summed E-state index contributed by atoms with van der Waals surface area (Å²) in [7, 11) is 1.77. The van der Waals surface area contributed by atoms with Gasteiger partial charge in [-0.05, 0) is 46.5 Å². The Morgan fingerprint density at radius 1 is 1.00 bits per heavy atom. The topological polar surface area (TPSA) is 18.5 Å². The minimum Gasteiger partial charge on any atom is -0.378 e. The maximum absolute atomic E-state index is 5.77. The van der Waals surface area contributed by atoms with Crippen LogP contribution in [0, 0.1) is 5.41 Å². The Bertz CT molecular complexity index is 183. The molecule has 0 aromatic carbocycles. The van der Waals surface area contributed by atoms with E-state index in [2.05, 4.69) is 48.5 Å². The van der Waals surface area contributed by atoms with Crippen LogP contribution in [0.2, 0.25) is 0 Å². The quantitative estimate of drug-likeness (QED) is 0.675. The fraction of sp³-hybridized carbons (Fsp3) is 1.00. The van der Waals surface area contributed by atoms with Crippen molar-refractivity contribution >= 4 is 0 Å². The third kappa shape index (κ3) is 4.52. The molecule has 2 nitrogen and oxygen atoms in total. The predicted octanol–water partition coefficient (Wildman–Crippen LogP) is 3.64. The number of rotatable bonds is 6. The van der Waals surface area contributed by atoms with Crippen molar-refractivity contribution in [3.05, 3.63) is 0 Å². The zero-order chi connectivity index (χ0) is 12.3. The van der Waals surface area contributed by atoms with Crippen LogP contribution in [0.25, 0.3) is 0 Å². The summed E-state index contributed by atoms with van der Waals surface area (Å²) in [5.74, 6) is 0. The number of hydrogen-bond donors (Lipinski definition) is 0. The van der Waals surface area contributed by atoms with Gasteiger partial charge in [0.05, 0.1) is 17.8 Å². The van der Waals surface area contributed by atoms with Crippen molar-refractivity contribution in [1.29, 1.82) is 0 Å². The highest BCUT2D eigenvalue weighted by Gasteiger charge is 2.38. The zero-order valence-corrected chi connectivity index (χ0v) is 11.7. The van der Waals surface area contributed by atoms with Crippen molar-refractivity contribution in [2.75, 3.05) is 7.11 Å². The summed E-state index contributed by atoms with van der Waals surface area (Å²) in [6, 6.07) is 0. The van der Waals surface area contributed by atoms with Crippen LogP contribution in [0.15, 0.2) is 0 Å². The fourth-order valence-corrected chi connectivity index (χ4v) is 1.75. The van der Waals surface area contributed by atoms with Gasteiger partial charge >= 0.3 is 0 Å². The molecule has 0 aromatic rings. The average Bonchev–Trinajstić information content (AvgIpc) is 2.00. The van der Waals surface area contributed by atoms with E-state index in [-0.39, 0.29) is 17.1 Å². The van der Waals surface area contributed by atoms with E-state index < -0.39 is 0 Å². The zero-order valence-electron chi connectivity index (χ0n) is 11.7. The van der Waals surface area contributed by atoms with Crippen LogP contribution in [0.1, 0.15) is 54.9 Å². The van der Waals surface area contributed by atoms with Crippen LogP contribution in [0.3, 0.4) is 0 Å². The van der Waals surface area contributed by atoms with Crippen LogP contribution in [-0.4, -0.2) is 24.9 Å². The van der Waals surface area contributed by atoms with Crippen molar-refractivity contribution in [2.45, 2.75) is 72.7 Å². The van der Waals surface area contributed by atoms with Crippen molar-refractivity contribution in [3.63, 3.8) is 0 Å². The second-order valence-corrected chi connectivity index (χ2v) is 5.80.